The highest BCUT2D eigenvalue weighted by Crippen LogP contribution is 2.30. The molecule has 0 radical (unpaired) electrons. The maximum atomic E-state index is 12.5. The van der Waals surface area contributed by atoms with Crippen molar-refractivity contribution >= 4 is 41.3 Å². The molecule has 0 fully saturated rings. The van der Waals surface area contributed by atoms with Crippen molar-refractivity contribution in [3.63, 3.8) is 0 Å². The second-order valence-corrected chi connectivity index (χ2v) is 5.29. The first-order valence-corrected chi connectivity index (χ1v) is 7.95. The van der Waals surface area contributed by atoms with Crippen LogP contribution in [0.4, 0.5) is 13.2 Å². The molecular formula is C13H22F3IN4O2S. The van der Waals surface area contributed by atoms with Crippen LogP contribution >= 0.6 is 35.3 Å². The maximum absolute atomic E-state index is 12.5. The van der Waals surface area contributed by atoms with Gasteiger partial charge in [-0.1, -0.05) is 0 Å². The third kappa shape index (κ3) is 9.59. The smallest absolute Gasteiger partial charge is 0.382 e. The van der Waals surface area contributed by atoms with Crippen LogP contribution in [0.3, 0.4) is 0 Å². The molecule has 11 heteroatoms. The molecule has 1 aromatic heterocycles. The van der Waals surface area contributed by atoms with Gasteiger partial charge in [-0.05, 0) is 6.92 Å². The number of rotatable bonds is 9. The summed E-state index contributed by atoms with van der Waals surface area (Å²) in [4.78, 5) is 7.74. The Morgan fingerprint density at radius 1 is 1.29 bits per heavy atom. The molecule has 24 heavy (non-hydrogen) atoms. The molecule has 1 rings (SSSR count). The monoisotopic (exact) mass is 482 g/mol. The Morgan fingerprint density at radius 3 is 2.62 bits per heavy atom. The summed E-state index contributed by atoms with van der Waals surface area (Å²) in [6.45, 7) is 4.66. The fourth-order valence-corrected chi connectivity index (χ4v) is 2.21. The van der Waals surface area contributed by atoms with E-state index in [4.69, 9.17) is 9.47 Å². The molecule has 0 aromatic carbocycles. The number of hydrogen-bond acceptors (Lipinski definition) is 5. The zero-order valence-electron chi connectivity index (χ0n) is 13.5. The van der Waals surface area contributed by atoms with Gasteiger partial charge in [0.1, 0.15) is 5.01 Å². The summed E-state index contributed by atoms with van der Waals surface area (Å²) < 4.78 is 47.6. The van der Waals surface area contributed by atoms with Crippen LogP contribution < -0.4 is 10.6 Å². The van der Waals surface area contributed by atoms with Gasteiger partial charge in [-0.25, -0.2) is 9.98 Å². The Kier molecular flexibility index (Phi) is 12.3. The van der Waals surface area contributed by atoms with Crippen LogP contribution in [0.15, 0.2) is 10.4 Å². The first-order valence-electron chi connectivity index (χ1n) is 7.07. The molecule has 0 bridgehead atoms. The number of aromatic nitrogens is 1. The van der Waals surface area contributed by atoms with E-state index in [0.29, 0.717) is 43.9 Å². The molecule has 0 spiro atoms. The van der Waals surface area contributed by atoms with Gasteiger partial charge >= 0.3 is 6.18 Å². The van der Waals surface area contributed by atoms with E-state index in [1.165, 1.54) is 0 Å². The van der Waals surface area contributed by atoms with Crippen molar-refractivity contribution < 1.29 is 22.6 Å². The van der Waals surface area contributed by atoms with Crippen LogP contribution in [0.2, 0.25) is 0 Å². The van der Waals surface area contributed by atoms with E-state index in [-0.39, 0.29) is 30.5 Å². The van der Waals surface area contributed by atoms with Gasteiger partial charge in [0, 0.05) is 25.6 Å². The van der Waals surface area contributed by atoms with Crippen molar-refractivity contribution in [2.24, 2.45) is 4.99 Å². The van der Waals surface area contributed by atoms with Crippen LogP contribution in [0.1, 0.15) is 17.6 Å². The van der Waals surface area contributed by atoms with E-state index in [2.05, 4.69) is 20.6 Å². The van der Waals surface area contributed by atoms with Crippen molar-refractivity contribution in [1.29, 1.82) is 0 Å². The van der Waals surface area contributed by atoms with Gasteiger partial charge in [0.05, 0.1) is 26.4 Å². The lowest BCUT2D eigenvalue weighted by atomic mass is 10.5. The number of aliphatic imine (C=N–C) groups is 1. The largest absolute Gasteiger partial charge is 0.434 e. The first-order chi connectivity index (χ1) is 11.0. The summed E-state index contributed by atoms with van der Waals surface area (Å²) in [7, 11) is 1.60. The molecule has 1 aromatic rings. The average molecular weight is 482 g/mol. The van der Waals surface area contributed by atoms with Crippen LogP contribution in [0, 0.1) is 0 Å². The van der Waals surface area contributed by atoms with Gasteiger partial charge in [-0.3, -0.25) is 0 Å². The molecule has 0 atom stereocenters. The van der Waals surface area contributed by atoms with Gasteiger partial charge in [0.2, 0.25) is 0 Å². The Hall–Kier alpha value is -0.660. The molecule has 0 saturated heterocycles. The first kappa shape index (κ1) is 23.3. The summed E-state index contributed by atoms with van der Waals surface area (Å²) in [6.07, 6.45) is -4.42. The number of methoxy groups -OCH3 is 1. The number of nitrogens with one attached hydrogen (secondary N) is 2. The highest BCUT2D eigenvalue weighted by atomic mass is 127. The summed E-state index contributed by atoms with van der Waals surface area (Å²) >= 11 is 0.942. The molecule has 140 valence electrons. The summed E-state index contributed by atoms with van der Waals surface area (Å²) in [5.41, 5.74) is -0.878. The minimum absolute atomic E-state index is 0. The highest BCUT2D eigenvalue weighted by Gasteiger charge is 2.33. The van der Waals surface area contributed by atoms with Crippen LogP contribution in [0.5, 0.6) is 0 Å². The number of alkyl halides is 3. The van der Waals surface area contributed by atoms with Crippen LogP contribution in [-0.2, 0) is 22.2 Å². The van der Waals surface area contributed by atoms with Gasteiger partial charge in [-0.15, -0.1) is 35.3 Å². The lowest BCUT2D eigenvalue weighted by Gasteiger charge is -2.11. The minimum atomic E-state index is -4.42. The normalized spacial score (nSPS) is 12.0. The summed E-state index contributed by atoms with van der Waals surface area (Å²) in [6, 6.07) is 0. The van der Waals surface area contributed by atoms with E-state index in [1.54, 1.807) is 7.11 Å². The van der Waals surface area contributed by atoms with E-state index < -0.39 is 11.9 Å². The zero-order chi connectivity index (χ0) is 17.1. The van der Waals surface area contributed by atoms with Crippen molar-refractivity contribution in [2.45, 2.75) is 19.6 Å². The number of thiazole rings is 1. The Morgan fingerprint density at radius 2 is 2.04 bits per heavy atom. The topological polar surface area (TPSA) is 67.8 Å². The average Bonchev–Trinajstić information content (AvgIpc) is 2.97. The second-order valence-electron chi connectivity index (χ2n) is 4.35. The molecule has 1 heterocycles. The quantitative estimate of drug-likeness (QED) is 0.245. The van der Waals surface area contributed by atoms with Crippen molar-refractivity contribution in [2.75, 3.05) is 40.0 Å². The molecule has 6 nitrogen and oxygen atoms in total. The highest BCUT2D eigenvalue weighted by molar-refractivity contribution is 14.0. The third-order valence-corrected chi connectivity index (χ3v) is 3.36. The van der Waals surface area contributed by atoms with Crippen molar-refractivity contribution in [3.8, 4) is 0 Å². The molecule has 0 aliphatic heterocycles. The van der Waals surface area contributed by atoms with Crippen LogP contribution in [0.25, 0.3) is 0 Å². The summed E-state index contributed by atoms with van der Waals surface area (Å²) in [5.74, 6) is 0.506. The van der Waals surface area contributed by atoms with Crippen LogP contribution in [-0.4, -0.2) is 51.0 Å². The lowest BCUT2D eigenvalue weighted by molar-refractivity contribution is -0.140. The van der Waals surface area contributed by atoms with E-state index in [1.807, 2.05) is 6.92 Å². The van der Waals surface area contributed by atoms with Crippen molar-refractivity contribution in [3.05, 3.63) is 16.1 Å². The van der Waals surface area contributed by atoms with Gasteiger partial charge in [0.15, 0.2) is 11.7 Å². The second kappa shape index (κ2) is 12.7. The molecule has 2 N–H and O–H groups in total. The number of ether oxygens (including phenoxy) is 2. The number of hydrogen-bond donors (Lipinski definition) is 2. The fraction of sp³-hybridized carbons (Fsp3) is 0.692. The van der Waals surface area contributed by atoms with E-state index in [9.17, 15) is 13.2 Å². The minimum Gasteiger partial charge on any atom is -0.382 e. The Balaban J connectivity index is 0.00000529. The van der Waals surface area contributed by atoms with Gasteiger partial charge in [-0.2, -0.15) is 13.2 Å². The lowest BCUT2D eigenvalue weighted by Crippen LogP contribution is -2.39. The predicted molar refractivity (Wildman–Crippen MR) is 98.0 cm³/mol. The maximum Gasteiger partial charge on any atom is 0.434 e. The SMILES string of the molecule is CCNC(=NCc1nc(C(F)(F)F)cs1)NCCOCCOC.I. The number of halogens is 4. The molecule has 0 aliphatic rings. The molecule has 0 amide bonds. The van der Waals surface area contributed by atoms with Gasteiger partial charge < -0.3 is 20.1 Å². The molecule has 0 saturated carbocycles. The Labute approximate surface area is 160 Å². The summed E-state index contributed by atoms with van der Waals surface area (Å²) in [5, 5.41) is 7.34. The fourth-order valence-electron chi connectivity index (χ4n) is 1.49. The van der Waals surface area contributed by atoms with Crippen molar-refractivity contribution in [1.82, 2.24) is 15.6 Å². The van der Waals surface area contributed by atoms with E-state index in [0.717, 1.165) is 16.7 Å². The molecule has 0 aliphatic carbocycles. The Bertz CT molecular complexity index is 486. The third-order valence-electron chi connectivity index (χ3n) is 2.53. The number of guanidine groups is 1. The predicted octanol–water partition coefficient (Wildman–Crippen LogP) is 2.50. The molecule has 0 unspecified atom stereocenters. The van der Waals surface area contributed by atoms with Gasteiger partial charge in [0.25, 0.3) is 0 Å². The van der Waals surface area contributed by atoms with E-state index >= 15 is 0 Å². The standard InChI is InChI=1S/C13H21F3N4O2S.HI/c1-3-17-12(18-4-5-22-7-6-21-2)19-8-11-20-10(9-23-11)13(14,15)16;/h9H,3-8H2,1-2H3,(H2,17,18,19);1H. The number of nitrogens with zero attached hydrogens (tertiary/aromatic N) is 2. The molecular weight excluding hydrogens is 460 g/mol. The zero-order valence-corrected chi connectivity index (χ0v) is 16.6.